The van der Waals surface area contributed by atoms with Gasteiger partial charge in [0.2, 0.25) is 0 Å². The molecule has 136 valence electrons. The molecular formula is C20H22N2O4. The molecule has 6 nitrogen and oxygen atoms in total. The predicted octanol–water partition coefficient (Wildman–Crippen LogP) is 4.30. The molecule has 3 rings (SSSR count). The molecule has 0 radical (unpaired) electrons. The lowest BCUT2D eigenvalue weighted by Gasteiger charge is -2.23. The first-order chi connectivity index (χ1) is 12.5. The molecular weight excluding hydrogens is 332 g/mol. The largest absolute Gasteiger partial charge is 0.489 e. The summed E-state index contributed by atoms with van der Waals surface area (Å²) in [4.78, 5) is 14.3. The van der Waals surface area contributed by atoms with Crippen molar-refractivity contribution in [2.75, 3.05) is 7.05 Å². The van der Waals surface area contributed by atoms with E-state index in [4.69, 9.17) is 13.7 Å². The van der Waals surface area contributed by atoms with Crippen molar-refractivity contribution in [3.05, 3.63) is 71.0 Å². The zero-order valence-electron chi connectivity index (χ0n) is 15.4. The summed E-state index contributed by atoms with van der Waals surface area (Å²) in [7, 11) is 1.76. The highest BCUT2D eigenvalue weighted by molar-refractivity contribution is 5.94. The van der Waals surface area contributed by atoms with Crippen LogP contribution in [0.25, 0.3) is 0 Å². The maximum Gasteiger partial charge on any atom is 0.254 e. The highest BCUT2D eigenvalue weighted by atomic mass is 16.5. The van der Waals surface area contributed by atoms with Gasteiger partial charge >= 0.3 is 0 Å². The summed E-state index contributed by atoms with van der Waals surface area (Å²) < 4.78 is 16.3. The van der Waals surface area contributed by atoms with Gasteiger partial charge in [-0.05, 0) is 57.2 Å². The lowest BCUT2D eigenvalue weighted by molar-refractivity contribution is 0.0726. The number of nitrogens with zero attached hydrogens (tertiary/aromatic N) is 2. The molecule has 0 fully saturated rings. The molecule has 0 aliphatic carbocycles. The maximum absolute atomic E-state index is 12.6. The van der Waals surface area contributed by atoms with Crippen molar-refractivity contribution < 1.29 is 18.5 Å². The lowest BCUT2D eigenvalue weighted by Crippen LogP contribution is -2.29. The Balaban J connectivity index is 1.64. The Labute approximate surface area is 152 Å². The van der Waals surface area contributed by atoms with Gasteiger partial charge in [-0.1, -0.05) is 5.16 Å². The summed E-state index contributed by atoms with van der Waals surface area (Å²) in [6.45, 7) is 6.05. The highest BCUT2D eigenvalue weighted by Crippen LogP contribution is 2.22. The van der Waals surface area contributed by atoms with Crippen LogP contribution in [0.3, 0.4) is 0 Å². The van der Waals surface area contributed by atoms with E-state index in [2.05, 4.69) is 5.16 Å². The number of aryl methyl sites for hydroxylation is 2. The Morgan fingerprint density at radius 1 is 1.23 bits per heavy atom. The van der Waals surface area contributed by atoms with Crippen molar-refractivity contribution in [1.82, 2.24) is 10.1 Å². The van der Waals surface area contributed by atoms with Crippen LogP contribution >= 0.6 is 0 Å². The first-order valence-corrected chi connectivity index (χ1v) is 8.42. The van der Waals surface area contributed by atoms with Crippen molar-refractivity contribution in [2.24, 2.45) is 0 Å². The number of carbonyl (C=O) groups excluding carboxylic acids is 1. The Bertz CT molecular complexity index is 846. The van der Waals surface area contributed by atoms with Crippen LogP contribution in [0, 0.1) is 13.8 Å². The number of hydrogen-bond acceptors (Lipinski definition) is 5. The third kappa shape index (κ3) is 3.64. The molecule has 0 aliphatic heterocycles. The second kappa shape index (κ2) is 7.47. The minimum atomic E-state index is -0.145. The minimum Gasteiger partial charge on any atom is -0.489 e. The van der Waals surface area contributed by atoms with Crippen LogP contribution in [0.15, 0.2) is 51.6 Å². The van der Waals surface area contributed by atoms with E-state index < -0.39 is 0 Å². The van der Waals surface area contributed by atoms with Gasteiger partial charge in [0.25, 0.3) is 5.91 Å². The van der Waals surface area contributed by atoms with E-state index in [0.29, 0.717) is 17.9 Å². The molecule has 1 aromatic carbocycles. The lowest BCUT2D eigenvalue weighted by atomic mass is 10.1. The number of aromatic nitrogens is 1. The van der Waals surface area contributed by atoms with E-state index in [1.807, 2.05) is 32.9 Å². The van der Waals surface area contributed by atoms with Gasteiger partial charge in [-0.3, -0.25) is 4.79 Å². The maximum atomic E-state index is 12.6. The molecule has 1 amide bonds. The molecule has 1 atom stereocenters. The molecule has 3 aromatic rings. The van der Waals surface area contributed by atoms with Crippen molar-refractivity contribution in [3.63, 3.8) is 0 Å². The Hall–Kier alpha value is -3.02. The fraction of sp³-hybridized carbons (Fsp3) is 0.300. The number of amides is 1. The average Bonchev–Trinajstić information content (AvgIpc) is 3.29. The third-order valence-corrected chi connectivity index (χ3v) is 4.52. The van der Waals surface area contributed by atoms with E-state index in [1.54, 1.807) is 42.5 Å². The molecule has 0 aliphatic rings. The molecule has 0 bridgehead atoms. The Kier molecular flexibility index (Phi) is 5.11. The van der Waals surface area contributed by atoms with Gasteiger partial charge in [-0.2, -0.15) is 0 Å². The second-order valence-corrected chi connectivity index (χ2v) is 6.22. The minimum absolute atomic E-state index is 0.0776. The normalized spacial score (nSPS) is 12.0. The van der Waals surface area contributed by atoms with Crippen molar-refractivity contribution in [1.29, 1.82) is 0 Å². The molecule has 26 heavy (non-hydrogen) atoms. The van der Waals surface area contributed by atoms with Gasteiger partial charge in [0.15, 0.2) is 0 Å². The molecule has 0 spiro atoms. The SMILES string of the molecule is Cc1noc(C)c1COc1ccc(C(=O)N(C)C(C)c2ccco2)cc1. The van der Waals surface area contributed by atoms with Gasteiger partial charge in [0.1, 0.15) is 23.9 Å². The van der Waals surface area contributed by atoms with Gasteiger partial charge in [0.05, 0.1) is 23.6 Å². The summed E-state index contributed by atoms with van der Waals surface area (Å²) in [6.07, 6.45) is 1.61. The van der Waals surface area contributed by atoms with E-state index >= 15 is 0 Å². The topological polar surface area (TPSA) is 68.7 Å². The monoisotopic (exact) mass is 354 g/mol. The molecule has 2 heterocycles. The third-order valence-electron chi connectivity index (χ3n) is 4.52. The number of rotatable bonds is 6. The quantitative estimate of drug-likeness (QED) is 0.660. The van der Waals surface area contributed by atoms with Crippen LogP contribution in [0.5, 0.6) is 5.75 Å². The van der Waals surface area contributed by atoms with Gasteiger partial charge in [0, 0.05) is 12.6 Å². The zero-order valence-corrected chi connectivity index (χ0v) is 15.4. The van der Waals surface area contributed by atoms with Crippen molar-refractivity contribution in [2.45, 2.75) is 33.4 Å². The van der Waals surface area contributed by atoms with Crippen LogP contribution in [0.1, 0.15) is 46.1 Å². The summed E-state index contributed by atoms with van der Waals surface area (Å²) in [5.74, 6) is 2.11. The molecule has 0 saturated heterocycles. The smallest absolute Gasteiger partial charge is 0.254 e. The first kappa shape index (κ1) is 17.8. The second-order valence-electron chi connectivity index (χ2n) is 6.22. The Morgan fingerprint density at radius 2 is 1.96 bits per heavy atom. The molecule has 0 N–H and O–H groups in total. The van der Waals surface area contributed by atoms with Crippen LogP contribution in [-0.2, 0) is 6.61 Å². The molecule has 2 aromatic heterocycles. The summed E-state index contributed by atoms with van der Waals surface area (Å²) >= 11 is 0. The molecule has 6 heteroatoms. The van der Waals surface area contributed by atoms with E-state index in [9.17, 15) is 4.79 Å². The Morgan fingerprint density at radius 3 is 2.54 bits per heavy atom. The fourth-order valence-electron chi connectivity index (χ4n) is 2.66. The fourth-order valence-corrected chi connectivity index (χ4v) is 2.66. The van der Waals surface area contributed by atoms with E-state index in [1.165, 1.54) is 0 Å². The summed E-state index contributed by atoms with van der Waals surface area (Å²) in [6, 6.07) is 10.6. The standard InChI is InChI=1S/C20H22N2O4/c1-13-18(15(3)26-21-13)12-25-17-9-7-16(8-10-17)20(23)22(4)14(2)19-6-5-11-24-19/h5-11,14H,12H2,1-4H3. The van der Waals surface area contributed by atoms with Gasteiger partial charge in [-0.15, -0.1) is 0 Å². The zero-order chi connectivity index (χ0) is 18.7. The average molecular weight is 354 g/mol. The molecule has 0 saturated carbocycles. The van der Waals surface area contributed by atoms with Crippen molar-refractivity contribution in [3.8, 4) is 5.75 Å². The van der Waals surface area contributed by atoms with Gasteiger partial charge < -0.3 is 18.6 Å². The predicted molar refractivity (Wildman–Crippen MR) is 96.0 cm³/mol. The number of ether oxygens (including phenoxy) is 1. The first-order valence-electron chi connectivity index (χ1n) is 8.42. The van der Waals surface area contributed by atoms with Crippen LogP contribution < -0.4 is 4.74 Å². The molecule has 1 unspecified atom stereocenters. The number of hydrogen-bond donors (Lipinski definition) is 0. The number of benzene rings is 1. The van der Waals surface area contributed by atoms with Gasteiger partial charge in [-0.25, -0.2) is 0 Å². The van der Waals surface area contributed by atoms with Crippen LogP contribution in [-0.4, -0.2) is 23.0 Å². The highest BCUT2D eigenvalue weighted by Gasteiger charge is 2.20. The summed E-state index contributed by atoms with van der Waals surface area (Å²) in [5, 5.41) is 3.91. The van der Waals surface area contributed by atoms with E-state index in [-0.39, 0.29) is 11.9 Å². The summed E-state index contributed by atoms with van der Waals surface area (Å²) in [5.41, 5.74) is 2.36. The number of furan rings is 1. The van der Waals surface area contributed by atoms with Crippen molar-refractivity contribution >= 4 is 5.91 Å². The van der Waals surface area contributed by atoms with E-state index in [0.717, 1.165) is 22.8 Å². The van der Waals surface area contributed by atoms with Crippen LogP contribution in [0.4, 0.5) is 0 Å². The van der Waals surface area contributed by atoms with Crippen LogP contribution in [0.2, 0.25) is 0 Å². The number of carbonyl (C=O) groups is 1.